The zero-order valence-corrected chi connectivity index (χ0v) is 16.7. The quantitative estimate of drug-likeness (QED) is 0.755. The van der Waals surface area contributed by atoms with E-state index in [9.17, 15) is 8.42 Å². The molecule has 2 fully saturated rings. The SMILES string of the molecule is CC(C)Cc1cc(CN2CCN(Cc3ncc[nH]3)[C@H]3CS(=O)(=O)C[C@H]32)[nH]n1. The Kier molecular flexibility index (Phi) is 5.09. The minimum Gasteiger partial charge on any atom is -0.348 e. The van der Waals surface area contributed by atoms with E-state index in [0.717, 1.165) is 43.3 Å². The van der Waals surface area contributed by atoms with E-state index in [-0.39, 0.29) is 23.6 Å². The number of aromatic nitrogens is 4. The van der Waals surface area contributed by atoms with Gasteiger partial charge in [0, 0.05) is 49.8 Å². The topological polar surface area (TPSA) is 98.0 Å². The average Bonchev–Trinajstić information content (AvgIpc) is 3.29. The molecule has 0 saturated carbocycles. The summed E-state index contributed by atoms with van der Waals surface area (Å²) in [6.07, 6.45) is 4.50. The lowest BCUT2D eigenvalue weighted by molar-refractivity contribution is 0.0334. The summed E-state index contributed by atoms with van der Waals surface area (Å²) < 4.78 is 24.7. The molecule has 2 saturated heterocycles. The smallest absolute Gasteiger partial charge is 0.153 e. The van der Waals surface area contributed by atoms with Gasteiger partial charge >= 0.3 is 0 Å². The summed E-state index contributed by atoms with van der Waals surface area (Å²) in [6, 6.07) is 2.16. The van der Waals surface area contributed by atoms with Crippen LogP contribution in [0.1, 0.15) is 31.1 Å². The molecule has 4 rings (SSSR count). The second kappa shape index (κ2) is 7.37. The molecule has 0 radical (unpaired) electrons. The van der Waals surface area contributed by atoms with Crippen molar-refractivity contribution in [3.8, 4) is 0 Å². The van der Waals surface area contributed by atoms with Crippen molar-refractivity contribution in [3.63, 3.8) is 0 Å². The lowest BCUT2D eigenvalue weighted by atomic mass is 10.0. The molecule has 4 heterocycles. The van der Waals surface area contributed by atoms with Crippen LogP contribution in [-0.4, -0.2) is 75.1 Å². The monoisotopic (exact) mass is 392 g/mol. The van der Waals surface area contributed by atoms with E-state index in [2.05, 4.69) is 49.9 Å². The Bertz CT molecular complexity index is 860. The van der Waals surface area contributed by atoms with Gasteiger partial charge in [-0.1, -0.05) is 13.8 Å². The van der Waals surface area contributed by atoms with Gasteiger partial charge in [-0.25, -0.2) is 13.4 Å². The Balaban J connectivity index is 1.48. The van der Waals surface area contributed by atoms with Gasteiger partial charge in [-0.3, -0.25) is 14.9 Å². The fraction of sp³-hybridized carbons (Fsp3) is 0.667. The van der Waals surface area contributed by atoms with E-state index in [4.69, 9.17) is 0 Å². The number of hydrogen-bond acceptors (Lipinski definition) is 6. The third-order valence-electron chi connectivity index (χ3n) is 5.49. The number of H-pyrrole nitrogens is 2. The number of aromatic amines is 2. The van der Waals surface area contributed by atoms with Gasteiger partial charge in [-0.05, 0) is 18.4 Å². The molecule has 0 spiro atoms. The first kappa shape index (κ1) is 18.6. The molecule has 0 aliphatic carbocycles. The Morgan fingerprint density at radius 2 is 1.89 bits per heavy atom. The third kappa shape index (κ3) is 4.25. The van der Waals surface area contributed by atoms with Crippen LogP contribution in [0.5, 0.6) is 0 Å². The maximum absolute atomic E-state index is 12.4. The molecule has 2 aromatic heterocycles. The Morgan fingerprint density at radius 1 is 1.19 bits per heavy atom. The molecule has 2 aliphatic rings. The summed E-state index contributed by atoms with van der Waals surface area (Å²) in [5.74, 6) is 1.92. The number of piperazine rings is 1. The highest BCUT2D eigenvalue weighted by Gasteiger charge is 2.46. The molecule has 2 aromatic rings. The van der Waals surface area contributed by atoms with Crippen molar-refractivity contribution in [3.05, 3.63) is 35.7 Å². The van der Waals surface area contributed by atoms with Crippen LogP contribution < -0.4 is 0 Å². The summed E-state index contributed by atoms with van der Waals surface area (Å²) in [5, 5.41) is 7.54. The van der Waals surface area contributed by atoms with Crippen molar-refractivity contribution in [2.24, 2.45) is 5.92 Å². The molecule has 0 aromatic carbocycles. The van der Waals surface area contributed by atoms with E-state index >= 15 is 0 Å². The van der Waals surface area contributed by atoms with Crippen LogP contribution in [0.2, 0.25) is 0 Å². The average molecular weight is 393 g/mol. The molecule has 0 amide bonds. The summed E-state index contributed by atoms with van der Waals surface area (Å²) >= 11 is 0. The zero-order chi connectivity index (χ0) is 19.0. The Labute approximate surface area is 160 Å². The van der Waals surface area contributed by atoms with Crippen LogP contribution in [0, 0.1) is 5.92 Å². The first-order valence-corrected chi connectivity index (χ1v) is 11.4. The molecule has 148 valence electrons. The van der Waals surface area contributed by atoms with Crippen molar-refractivity contribution < 1.29 is 8.42 Å². The number of imidazole rings is 1. The van der Waals surface area contributed by atoms with Gasteiger partial charge < -0.3 is 4.98 Å². The molecule has 0 bridgehead atoms. The largest absolute Gasteiger partial charge is 0.348 e. The normalized spacial score (nSPS) is 25.9. The maximum Gasteiger partial charge on any atom is 0.153 e. The predicted octanol–water partition coefficient (Wildman–Crippen LogP) is 0.815. The highest BCUT2D eigenvalue weighted by molar-refractivity contribution is 7.91. The number of sulfone groups is 1. The predicted molar refractivity (Wildman–Crippen MR) is 103 cm³/mol. The fourth-order valence-electron chi connectivity index (χ4n) is 4.30. The zero-order valence-electron chi connectivity index (χ0n) is 15.9. The summed E-state index contributed by atoms with van der Waals surface area (Å²) in [6.45, 7) is 7.43. The van der Waals surface area contributed by atoms with Crippen molar-refractivity contribution in [1.82, 2.24) is 30.0 Å². The molecule has 2 N–H and O–H groups in total. The Hall–Kier alpha value is -1.71. The van der Waals surface area contributed by atoms with Crippen molar-refractivity contribution in [1.29, 1.82) is 0 Å². The van der Waals surface area contributed by atoms with Crippen LogP contribution in [0.3, 0.4) is 0 Å². The van der Waals surface area contributed by atoms with E-state index in [1.54, 1.807) is 12.4 Å². The van der Waals surface area contributed by atoms with Gasteiger partial charge in [0.05, 0.1) is 23.7 Å². The van der Waals surface area contributed by atoms with Gasteiger partial charge in [0.2, 0.25) is 0 Å². The van der Waals surface area contributed by atoms with Crippen molar-refractivity contribution in [2.45, 2.75) is 45.4 Å². The highest BCUT2D eigenvalue weighted by Crippen LogP contribution is 2.29. The molecule has 2 atom stereocenters. The van der Waals surface area contributed by atoms with Crippen molar-refractivity contribution >= 4 is 9.84 Å². The highest BCUT2D eigenvalue weighted by atomic mass is 32.2. The summed E-state index contributed by atoms with van der Waals surface area (Å²) in [4.78, 5) is 12.0. The minimum absolute atomic E-state index is 0.0203. The molecule has 9 heteroatoms. The third-order valence-corrected chi connectivity index (χ3v) is 7.19. The van der Waals surface area contributed by atoms with Gasteiger partial charge in [-0.2, -0.15) is 5.10 Å². The van der Waals surface area contributed by atoms with Crippen LogP contribution in [-0.2, 0) is 29.3 Å². The first-order chi connectivity index (χ1) is 12.9. The molecule has 2 aliphatic heterocycles. The standard InChI is InChI=1S/C18H28N6O2S/c1-13(2)7-14-8-15(22-21-14)9-23-5-6-24(10-18-19-3-4-20-18)17-12-27(25,26)11-16(17)23/h3-4,8,13,16-17H,5-7,9-12H2,1-2H3,(H,19,20)(H,21,22)/t16-,17+/m1/s1. The summed E-state index contributed by atoms with van der Waals surface area (Å²) in [7, 11) is -3.02. The fourth-order valence-corrected chi connectivity index (χ4v) is 6.34. The maximum atomic E-state index is 12.4. The van der Waals surface area contributed by atoms with Gasteiger partial charge in [0.15, 0.2) is 9.84 Å². The van der Waals surface area contributed by atoms with Crippen LogP contribution in [0.25, 0.3) is 0 Å². The van der Waals surface area contributed by atoms with Crippen LogP contribution in [0.15, 0.2) is 18.5 Å². The van der Waals surface area contributed by atoms with Gasteiger partial charge in [-0.15, -0.1) is 0 Å². The Morgan fingerprint density at radius 3 is 2.52 bits per heavy atom. The van der Waals surface area contributed by atoms with E-state index in [1.807, 2.05) is 0 Å². The van der Waals surface area contributed by atoms with E-state index < -0.39 is 9.84 Å². The second-order valence-electron chi connectivity index (χ2n) is 8.17. The van der Waals surface area contributed by atoms with Crippen LogP contribution in [0.4, 0.5) is 0 Å². The van der Waals surface area contributed by atoms with Gasteiger partial charge in [0.1, 0.15) is 5.82 Å². The lowest BCUT2D eigenvalue weighted by Gasteiger charge is -2.43. The molecular weight excluding hydrogens is 364 g/mol. The lowest BCUT2D eigenvalue weighted by Crippen LogP contribution is -2.58. The molecule has 8 nitrogen and oxygen atoms in total. The molecule has 27 heavy (non-hydrogen) atoms. The number of nitrogens with one attached hydrogen (secondary N) is 2. The first-order valence-electron chi connectivity index (χ1n) is 9.59. The molecular formula is C18H28N6O2S. The van der Waals surface area contributed by atoms with Crippen molar-refractivity contribution in [2.75, 3.05) is 24.6 Å². The second-order valence-corrected chi connectivity index (χ2v) is 10.3. The van der Waals surface area contributed by atoms with Gasteiger partial charge in [0.25, 0.3) is 0 Å². The van der Waals surface area contributed by atoms with E-state index in [1.165, 1.54) is 0 Å². The molecule has 0 unspecified atom stereocenters. The number of rotatable bonds is 6. The number of hydrogen-bond donors (Lipinski definition) is 2. The summed E-state index contributed by atoms with van der Waals surface area (Å²) in [5.41, 5.74) is 2.14. The van der Waals surface area contributed by atoms with Crippen LogP contribution >= 0.6 is 0 Å². The number of fused-ring (bicyclic) bond motifs is 1. The van der Waals surface area contributed by atoms with E-state index in [0.29, 0.717) is 12.5 Å². The minimum atomic E-state index is -3.02. The number of nitrogens with zero attached hydrogens (tertiary/aromatic N) is 4.